The average molecular weight is 229 g/mol. The van der Waals surface area contributed by atoms with Crippen LogP contribution in [-0.4, -0.2) is 33.8 Å². The Hall–Kier alpha value is -0.590. The molecule has 1 fully saturated rings. The molecule has 1 saturated carbocycles. The average Bonchev–Trinajstić information content (AvgIpc) is 2.78. The maximum atomic E-state index is 11.8. The highest BCUT2D eigenvalue weighted by Gasteiger charge is 2.48. The topological polar surface area (TPSA) is 46.2 Å². The van der Waals surface area contributed by atoms with Gasteiger partial charge in [-0.25, -0.2) is 0 Å². The number of rotatable bonds is 3. The summed E-state index contributed by atoms with van der Waals surface area (Å²) < 4.78 is 45.7. The van der Waals surface area contributed by atoms with Gasteiger partial charge in [0.25, 0.3) is 0 Å². The van der Waals surface area contributed by atoms with E-state index >= 15 is 0 Å². The molecule has 0 aromatic carbocycles. The van der Waals surface area contributed by atoms with Crippen molar-refractivity contribution in [3.63, 3.8) is 0 Å². The minimum Gasteiger partial charge on any atom is -0.347 e. The molecule has 0 spiro atoms. The molecular weight excluding hydrogens is 219 g/mol. The fourth-order valence-electron chi connectivity index (χ4n) is 1.05. The van der Waals surface area contributed by atoms with Crippen LogP contribution in [0.1, 0.15) is 12.8 Å². The van der Waals surface area contributed by atoms with E-state index in [9.17, 15) is 22.2 Å². The predicted molar refractivity (Wildman–Crippen MR) is 45.1 cm³/mol. The molecule has 1 rings (SSSR count). The van der Waals surface area contributed by atoms with Gasteiger partial charge < -0.3 is 5.32 Å². The molecular formula is C7H10F3NO2S. The molecule has 0 saturated heterocycles. The third kappa shape index (κ3) is 2.46. The van der Waals surface area contributed by atoms with Gasteiger partial charge in [0.1, 0.15) is 0 Å². The van der Waals surface area contributed by atoms with Crippen molar-refractivity contribution < 1.29 is 22.2 Å². The highest BCUT2D eigenvalue weighted by molar-refractivity contribution is 7.86. The first kappa shape index (κ1) is 11.5. The number of amides is 1. The normalized spacial score (nSPS) is 21.4. The second-order valence-corrected chi connectivity index (χ2v) is 5.09. The molecule has 1 N–H and O–H groups in total. The van der Waals surface area contributed by atoms with Crippen molar-refractivity contribution in [3.8, 4) is 0 Å². The van der Waals surface area contributed by atoms with E-state index in [1.807, 2.05) is 0 Å². The largest absolute Gasteiger partial charge is 0.471 e. The smallest absolute Gasteiger partial charge is 0.347 e. The van der Waals surface area contributed by atoms with Gasteiger partial charge in [-0.3, -0.25) is 9.00 Å². The lowest BCUT2D eigenvalue weighted by molar-refractivity contribution is -0.173. The Kier molecular flexibility index (Phi) is 2.89. The molecule has 1 amide bonds. The summed E-state index contributed by atoms with van der Waals surface area (Å²) in [6.07, 6.45) is -2.21. The Balaban J connectivity index is 2.42. The quantitative estimate of drug-likeness (QED) is 0.769. The summed E-state index contributed by atoms with van der Waals surface area (Å²) in [5.74, 6) is -1.96. The van der Waals surface area contributed by atoms with E-state index in [2.05, 4.69) is 0 Å². The maximum Gasteiger partial charge on any atom is 0.471 e. The first-order chi connectivity index (χ1) is 6.28. The standard InChI is InChI=1S/C7H10F3NO2S/c1-14(13)6(2-3-6)4-11-5(12)7(8,9)10/h2-4H2,1H3,(H,11,12). The Labute approximate surface area is 81.5 Å². The molecule has 1 aliphatic rings. The van der Waals surface area contributed by atoms with Crippen LogP contribution in [0.3, 0.4) is 0 Å². The summed E-state index contributed by atoms with van der Waals surface area (Å²) in [4.78, 5) is 10.4. The summed E-state index contributed by atoms with van der Waals surface area (Å²) in [5, 5.41) is 1.75. The molecule has 0 radical (unpaired) electrons. The minimum atomic E-state index is -4.86. The SMILES string of the molecule is CS(=O)C1(CNC(=O)C(F)(F)F)CC1. The van der Waals surface area contributed by atoms with Crippen LogP contribution in [-0.2, 0) is 15.6 Å². The fraction of sp³-hybridized carbons (Fsp3) is 0.857. The Morgan fingerprint density at radius 2 is 2.00 bits per heavy atom. The van der Waals surface area contributed by atoms with Crippen molar-refractivity contribution >= 4 is 16.7 Å². The lowest BCUT2D eigenvalue weighted by Crippen LogP contribution is -2.42. The number of hydrogen-bond acceptors (Lipinski definition) is 2. The molecule has 0 aromatic heterocycles. The number of hydrogen-bond donors (Lipinski definition) is 1. The van der Waals surface area contributed by atoms with Gasteiger partial charge in [-0.15, -0.1) is 0 Å². The van der Waals surface area contributed by atoms with Crippen LogP contribution in [0.5, 0.6) is 0 Å². The van der Waals surface area contributed by atoms with Crippen LogP contribution < -0.4 is 5.32 Å². The number of halogens is 3. The highest BCUT2D eigenvalue weighted by Crippen LogP contribution is 2.40. The lowest BCUT2D eigenvalue weighted by Gasteiger charge is -2.13. The first-order valence-electron chi connectivity index (χ1n) is 3.96. The van der Waals surface area contributed by atoms with E-state index in [1.54, 1.807) is 5.32 Å². The third-order valence-electron chi connectivity index (χ3n) is 2.25. The number of carbonyl (C=O) groups excluding carboxylic acids is 1. The van der Waals surface area contributed by atoms with Crippen LogP contribution >= 0.6 is 0 Å². The van der Waals surface area contributed by atoms with Crippen molar-refractivity contribution in [2.75, 3.05) is 12.8 Å². The van der Waals surface area contributed by atoms with Crippen molar-refractivity contribution in [2.24, 2.45) is 0 Å². The van der Waals surface area contributed by atoms with Gasteiger partial charge >= 0.3 is 12.1 Å². The monoisotopic (exact) mass is 229 g/mol. The number of alkyl halides is 3. The number of carbonyl (C=O) groups is 1. The molecule has 3 nitrogen and oxygen atoms in total. The molecule has 7 heteroatoms. The van der Waals surface area contributed by atoms with Crippen molar-refractivity contribution in [3.05, 3.63) is 0 Å². The summed E-state index contributed by atoms with van der Waals surface area (Å²) in [5.41, 5.74) is 0. The zero-order valence-electron chi connectivity index (χ0n) is 7.48. The van der Waals surface area contributed by atoms with Gasteiger partial charge in [-0.2, -0.15) is 13.2 Å². The molecule has 1 aliphatic carbocycles. The molecule has 0 aromatic rings. The molecule has 82 valence electrons. The zero-order valence-corrected chi connectivity index (χ0v) is 8.30. The highest BCUT2D eigenvalue weighted by atomic mass is 32.2. The summed E-state index contributed by atoms with van der Waals surface area (Å²) >= 11 is 0. The zero-order chi connectivity index (χ0) is 11.0. The van der Waals surface area contributed by atoms with Gasteiger partial charge in [-0.05, 0) is 12.8 Å². The van der Waals surface area contributed by atoms with E-state index in [4.69, 9.17) is 0 Å². The lowest BCUT2D eigenvalue weighted by atomic mass is 10.4. The molecule has 0 bridgehead atoms. The van der Waals surface area contributed by atoms with E-state index in [1.165, 1.54) is 6.26 Å². The van der Waals surface area contributed by atoms with Crippen LogP contribution in [0.25, 0.3) is 0 Å². The van der Waals surface area contributed by atoms with E-state index in [0.717, 1.165) is 0 Å². The van der Waals surface area contributed by atoms with Crippen LogP contribution in [0.4, 0.5) is 13.2 Å². The Morgan fingerprint density at radius 3 is 2.29 bits per heavy atom. The van der Waals surface area contributed by atoms with Crippen LogP contribution in [0.2, 0.25) is 0 Å². The fourth-order valence-corrected chi connectivity index (χ4v) is 2.00. The van der Waals surface area contributed by atoms with E-state index < -0.39 is 27.6 Å². The predicted octanol–water partition coefficient (Wildman–Crippen LogP) is 0.576. The first-order valence-corrected chi connectivity index (χ1v) is 5.52. The van der Waals surface area contributed by atoms with Crippen molar-refractivity contribution in [1.82, 2.24) is 5.32 Å². The van der Waals surface area contributed by atoms with E-state index in [-0.39, 0.29) is 6.54 Å². The van der Waals surface area contributed by atoms with Crippen molar-refractivity contribution in [1.29, 1.82) is 0 Å². The molecule has 14 heavy (non-hydrogen) atoms. The number of nitrogens with one attached hydrogen (secondary N) is 1. The second-order valence-electron chi connectivity index (χ2n) is 3.32. The molecule has 0 heterocycles. The van der Waals surface area contributed by atoms with Crippen molar-refractivity contribution in [2.45, 2.75) is 23.8 Å². The summed E-state index contributed by atoms with van der Waals surface area (Å²) in [7, 11) is -1.19. The van der Waals surface area contributed by atoms with E-state index in [0.29, 0.717) is 12.8 Å². The Bertz CT molecular complexity index is 273. The summed E-state index contributed by atoms with van der Waals surface area (Å²) in [6, 6.07) is 0. The molecule has 1 unspecified atom stereocenters. The van der Waals surface area contributed by atoms with Crippen LogP contribution in [0, 0.1) is 0 Å². The summed E-state index contributed by atoms with van der Waals surface area (Å²) in [6.45, 7) is -0.158. The van der Waals surface area contributed by atoms with Gasteiger partial charge in [0.15, 0.2) is 0 Å². The Morgan fingerprint density at radius 1 is 1.50 bits per heavy atom. The second kappa shape index (κ2) is 3.52. The maximum absolute atomic E-state index is 11.8. The molecule has 1 atom stereocenters. The third-order valence-corrected chi connectivity index (χ3v) is 4.02. The molecule has 0 aliphatic heterocycles. The van der Waals surface area contributed by atoms with Gasteiger partial charge in [-0.1, -0.05) is 0 Å². The van der Waals surface area contributed by atoms with Gasteiger partial charge in [0.05, 0.1) is 4.75 Å². The van der Waals surface area contributed by atoms with Crippen LogP contribution in [0.15, 0.2) is 0 Å². The van der Waals surface area contributed by atoms with Gasteiger partial charge in [0.2, 0.25) is 0 Å². The minimum absolute atomic E-state index is 0.158. The van der Waals surface area contributed by atoms with Gasteiger partial charge in [0, 0.05) is 23.6 Å².